The van der Waals surface area contributed by atoms with Crippen LogP contribution in [0, 0.1) is 5.92 Å². The third-order valence-corrected chi connectivity index (χ3v) is 4.70. The van der Waals surface area contributed by atoms with Crippen LogP contribution in [0.1, 0.15) is 40.0 Å². The molecule has 1 heterocycles. The molecule has 1 aliphatic heterocycles. The Balaban J connectivity index is 2.01. The maximum Gasteiger partial charge on any atom is 0.0470 e. The zero-order valence-corrected chi connectivity index (χ0v) is 11.8. The van der Waals surface area contributed by atoms with E-state index in [1.807, 2.05) is 0 Å². The van der Waals surface area contributed by atoms with Crippen molar-refractivity contribution in [2.24, 2.45) is 11.7 Å². The highest BCUT2D eigenvalue weighted by molar-refractivity contribution is 5.01. The smallest absolute Gasteiger partial charge is 0.0470 e. The van der Waals surface area contributed by atoms with Crippen LogP contribution in [0.25, 0.3) is 0 Å². The molecule has 1 saturated carbocycles. The molecular weight excluding hydrogens is 210 g/mol. The summed E-state index contributed by atoms with van der Waals surface area (Å²) in [5.41, 5.74) is 6.40. The van der Waals surface area contributed by atoms with Crippen LogP contribution < -0.4 is 5.73 Å². The van der Waals surface area contributed by atoms with E-state index in [9.17, 15) is 0 Å². The average molecular weight is 239 g/mol. The zero-order chi connectivity index (χ0) is 12.5. The molecule has 0 bridgehead atoms. The molecule has 17 heavy (non-hydrogen) atoms. The van der Waals surface area contributed by atoms with E-state index in [-0.39, 0.29) is 5.54 Å². The molecule has 0 aromatic carbocycles. The van der Waals surface area contributed by atoms with Crippen LogP contribution in [0.4, 0.5) is 0 Å². The lowest BCUT2D eigenvalue weighted by atomic mass is 9.95. The highest BCUT2D eigenvalue weighted by Crippen LogP contribution is 2.35. The molecule has 100 valence electrons. The standard InChI is InChI=1S/C14H29N3/c1-4-17(9-13-5-6-13)14(10-15)7-8-16(11-14)12(2)3/h12-13H,4-11,15H2,1-3H3. The second-order valence-corrected chi connectivity index (χ2v) is 6.22. The van der Waals surface area contributed by atoms with Gasteiger partial charge in [-0.15, -0.1) is 0 Å². The molecule has 2 aliphatic rings. The van der Waals surface area contributed by atoms with E-state index in [0.29, 0.717) is 6.04 Å². The molecule has 3 heteroatoms. The highest BCUT2D eigenvalue weighted by Gasteiger charge is 2.43. The number of nitrogens with two attached hydrogens (primary N) is 1. The minimum Gasteiger partial charge on any atom is -0.329 e. The Morgan fingerprint density at radius 1 is 1.41 bits per heavy atom. The van der Waals surface area contributed by atoms with Crippen molar-refractivity contribution >= 4 is 0 Å². The lowest BCUT2D eigenvalue weighted by molar-refractivity contribution is 0.0945. The van der Waals surface area contributed by atoms with Crippen LogP contribution in [0.5, 0.6) is 0 Å². The van der Waals surface area contributed by atoms with Crippen LogP contribution in [0.3, 0.4) is 0 Å². The second-order valence-electron chi connectivity index (χ2n) is 6.22. The average Bonchev–Trinajstić information content (AvgIpc) is 3.03. The Morgan fingerprint density at radius 3 is 2.53 bits per heavy atom. The Morgan fingerprint density at radius 2 is 2.12 bits per heavy atom. The van der Waals surface area contributed by atoms with Crippen LogP contribution in [0.15, 0.2) is 0 Å². The van der Waals surface area contributed by atoms with Crippen molar-refractivity contribution in [1.29, 1.82) is 0 Å². The van der Waals surface area contributed by atoms with Gasteiger partial charge in [-0.3, -0.25) is 9.80 Å². The molecule has 2 fully saturated rings. The van der Waals surface area contributed by atoms with Gasteiger partial charge in [-0.1, -0.05) is 6.92 Å². The second kappa shape index (κ2) is 5.25. The first kappa shape index (κ1) is 13.3. The van der Waals surface area contributed by atoms with Crippen molar-refractivity contribution in [2.75, 3.05) is 32.7 Å². The fourth-order valence-corrected chi connectivity index (χ4v) is 3.15. The molecule has 2 N–H and O–H groups in total. The largest absolute Gasteiger partial charge is 0.329 e. The number of likely N-dealkylation sites (N-methyl/N-ethyl adjacent to an activating group) is 1. The minimum atomic E-state index is 0.265. The summed E-state index contributed by atoms with van der Waals surface area (Å²) in [7, 11) is 0. The van der Waals surface area contributed by atoms with Crippen LogP contribution >= 0.6 is 0 Å². The first-order chi connectivity index (χ1) is 8.11. The van der Waals surface area contributed by atoms with Crippen LogP contribution in [-0.2, 0) is 0 Å². The highest BCUT2D eigenvalue weighted by atomic mass is 15.3. The first-order valence-electron chi connectivity index (χ1n) is 7.30. The van der Waals surface area contributed by atoms with E-state index in [4.69, 9.17) is 5.73 Å². The Labute approximate surface area is 106 Å². The maximum atomic E-state index is 6.14. The van der Waals surface area contributed by atoms with E-state index < -0.39 is 0 Å². The molecule has 0 amide bonds. The molecule has 1 aliphatic carbocycles. The third kappa shape index (κ3) is 2.83. The monoisotopic (exact) mass is 239 g/mol. The maximum absolute atomic E-state index is 6.14. The molecule has 0 spiro atoms. The predicted molar refractivity (Wildman–Crippen MR) is 73.1 cm³/mol. The summed E-state index contributed by atoms with van der Waals surface area (Å²) in [6.07, 6.45) is 4.12. The van der Waals surface area contributed by atoms with Crippen molar-refractivity contribution < 1.29 is 0 Å². The minimum absolute atomic E-state index is 0.265. The molecule has 0 aromatic heterocycles. The molecule has 1 unspecified atom stereocenters. The first-order valence-corrected chi connectivity index (χ1v) is 7.30. The van der Waals surface area contributed by atoms with Gasteiger partial charge in [-0.05, 0) is 45.6 Å². The Kier molecular flexibility index (Phi) is 4.11. The van der Waals surface area contributed by atoms with E-state index in [1.54, 1.807) is 0 Å². The van der Waals surface area contributed by atoms with E-state index in [1.165, 1.54) is 38.9 Å². The molecule has 1 saturated heterocycles. The Hall–Kier alpha value is -0.120. The quantitative estimate of drug-likeness (QED) is 0.763. The summed E-state index contributed by atoms with van der Waals surface area (Å²) < 4.78 is 0. The van der Waals surface area contributed by atoms with Gasteiger partial charge in [0.05, 0.1) is 0 Å². The number of hydrogen-bond acceptors (Lipinski definition) is 3. The molecular formula is C14H29N3. The van der Waals surface area contributed by atoms with Gasteiger partial charge in [0, 0.05) is 37.8 Å². The van der Waals surface area contributed by atoms with Crippen LogP contribution in [0.2, 0.25) is 0 Å². The summed E-state index contributed by atoms with van der Waals surface area (Å²) in [5.74, 6) is 0.964. The van der Waals surface area contributed by atoms with Gasteiger partial charge in [0.2, 0.25) is 0 Å². The molecule has 3 nitrogen and oxygen atoms in total. The van der Waals surface area contributed by atoms with E-state index >= 15 is 0 Å². The van der Waals surface area contributed by atoms with Gasteiger partial charge in [0.25, 0.3) is 0 Å². The number of hydrogen-bond donors (Lipinski definition) is 1. The van der Waals surface area contributed by atoms with Crippen molar-refractivity contribution in [3.8, 4) is 0 Å². The SMILES string of the molecule is CCN(CC1CC1)C1(CN)CCN(C(C)C)C1. The van der Waals surface area contributed by atoms with Crippen LogP contribution in [-0.4, -0.2) is 54.1 Å². The van der Waals surface area contributed by atoms with Gasteiger partial charge in [0.15, 0.2) is 0 Å². The van der Waals surface area contributed by atoms with Gasteiger partial charge >= 0.3 is 0 Å². The molecule has 0 radical (unpaired) electrons. The zero-order valence-electron chi connectivity index (χ0n) is 11.8. The Bertz CT molecular complexity index is 250. The van der Waals surface area contributed by atoms with Gasteiger partial charge in [-0.2, -0.15) is 0 Å². The van der Waals surface area contributed by atoms with Crippen molar-refractivity contribution in [3.63, 3.8) is 0 Å². The fourth-order valence-electron chi connectivity index (χ4n) is 3.15. The normalized spacial score (nSPS) is 30.7. The predicted octanol–water partition coefficient (Wildman–Crippen LogP) is 1.53. The number of likely N-dealkylation sites (tertiary alicyclic amines) is 1. The summed E-state index contributed by atoms with van der Waals surface area (Å²) in [6.45, 7) is 12.5. The lowest BCUT2D eigenvalue weighted by Gasteiger charge is -2.40. The number of nitrogens with zero attached hydrogens (tertiary/aromatic N) is 2. The summed E-state index contributed by atoms with van der Waals surface area (Å²) in [5, 5.41) is 0. The third-order valence-electron chi connectivity index (χ3n) is 4.70. The summed E-state index contributed by atoms with van der Waals surface area (Å²) in [6, 6.07) is 0.656. The van der Waals surface area contributed by atoms with Gasteiger partial charge in [0.1, 0.15) is 0 Å². The van der Waals surface area contributed by atoms with Gasteiger partial charge < -0.3 is 5.73 Å². The van der Waals surface area contributed by atoms with Gasteiger partial charge in [-0.25, -0.2) is 0 Å². The van der Waals surface area contributed by atoms with E-state index in [2.05, 4.69) is 30.6 Å². The summed E-state index contributed by atoms with van der Waals surface area (Å²) >= 11 is 0. The van der Waals surface area contributed by atoms with Crippen molar-refractivity contribution in [1.82, 2.24) is 9.80 Å². The molecule has 2 rings (SSSR count). The topological polar surface area (TPSA) is 32.5 Å². The molecule has 1 atom stereocenters. The van der Waals surface area contributed by atoms with Crippen molar-refractivity contribution in [2.45, 2.75) is 51.6 Å². The summed E-state index contributed by atoms with van der Waals surface area (Å²) in [4.78, 5) is 5.26. The lowest BCUT2D eigenvalue weighted by Crippen LogP contribution is -2.56. The number of rotatable bonds is 6. The fraction of sp³-hybridized carbons (Fsp3) is 1.00. The van der Waals surface area contributed by atoms with E-state index in [0.717, 1.165) is 19.0 Å². The molecule has 0 aromatic rings. The van der Waals surface area contributed by atoms with Crippen molar-refractivity contribution in [3.05, 3.63) is 0 Å².